The standard InChI is InChI=1S/C20H24N4O3/c1-21-19(25)18-8-7-17(27-18)13-23-10-14-5-6-16(12-23)24(20(14)26)11-15-4-2-3-9-22-15/h2-4,7-9,14,16H,5-6,10-13H2,1H3,(H,21,25)/t14-,16+/m1/s1. The van der Waals surface area contributed by atoms with Gasteiger partial charge < -0.3 is 14.6 Å². The summed E-state index contributed by atoms with van der Waals surface area (Å²) in [6, 6.07) is 9.52. The summed E-state index contributed by atoms with van der Waals surface area (Å²) >= 11 is 0. The minimum Gasteiger partial charge on any atom is -0.455 e. The van der Waals surface area contributed by atoms with Crippen molar-refractivity contribution in [3.8, 4) is 0 Å². The first-order valence-corrected chi connectivity index (χ1v) is 9.37. The van der Waals surface area contributed by atoms with Crippen LogP contribution < -0.4 is 5.32 Å². The van der Waals surface area contributed by atoms with Gasteiger partial charge in [0.1, 0.15) is 5.76 Å². The van der Waals surface area contributed by atoms with Crippen LogP contribution in [-0.4, -0.2) is 52.8 Å². The summed E-state index contributed by atoms with van der Waals surface area (Å²) in [5.74, 6) is 1.08. The second kappa shape index (κ2) is 7.52. The minimum atomic E-state index is -0.228. The molecule has 2 amide bonds. The Morgan fingerprint density at radius 2 is 2.11 bits per heavy atom. The Bertz CT molecular complexity index is 820. The van der Waals surface area contributed by atoms with Crippen LogP contribution in [0.5, 0.6) is 0 Å². The van der Waals surface area contributed by atoms with Gasteiger partial charge in [-0.05, 0) is 37.1 Å². The number of rotatable bonds is 5. The Morgan fingerprint density at radius 1 is 1.22 bits per heavy atom. The third-order valence-corrected chi connectivity index (χ3v) is 5.42. The Labute approximate surface area is 158 Å². The number of carbonyl (C=O) groups is 2. The first kappa shape index (κ1) is 17.7. The quantitative estimate of drug-likeness (QED) is 0.868. The van der Waals surface area contributed by atoms with Gasteiger partial charge in [0.25, 0.3) is 5.91 Å². The zero-order chi connectivity index (χ0) is 18.8. The summed E-state index contributed by atoms with van der Waals surface area (Å²) in [4.78, 5) is 33.2. The zero-order valence-electron chi connectivity index (χ0n) is 15.4. The monoisotopic (exact) mass is 368 g/mol. The third kappa shape index (κ3) is 3.73. The van der Waals surface area contributed by atoms with Crippen LogP contribution in [0.4, 0.5) is 0 Å². The van der Waals surface area contributed by atoms with Crippen LogP contribution in [0, 0.1) is 5.92 Å². The average molecular weight is 368 g/mol. The minimum absolute atomic E-state index is 0.0147. The summed E-state index contributed by atoms with van der Waals surface area (Å²) in [5, 5.41) is 2.56. The molecule has 3 aliphatic heterocycles. The van der Waals surface area contributed by atoms with Crippen molar-refractivity contribution >= 4 is 11.8 Å². The molecule has 0 radical (unpaired) electrons. The lowest BCUT2D eigenvalue weighted by atomic mass is 9.94. The van der Waals surface area contributed by atoms with Gasteiger partial charge in [0.2, 0.25) is 5.91 Å². The highest BCUT2D eigenvalue weighted by Crippen LogP contribution is 2.31. The molecule has 0 aromatic carbocycles. The molecule has 3 fully saturated rings. The maximum Gasteiger partial charge on any atom is 0.286 e. The molecule has 5 rings (SSSR count). The summed E-state index contributed by atoms with van der Waals surface area (Å²) in [6.45, 7) is 2.71. The van der Waals surface area contributed by atoms with Crippen LogP contribution in [0.15, 0.2) is 40.9 Å². The summed E-state index contributed by atoms with van der Waals surface area (Å²) in [6.07, 6.45) is 3.71. The molecule has 2 aromatic rings. The Hall–Kier alpha value is -2.67. The number of carbonyl (C=O) groups excluding carboxylic acids is 2. The summed E-state index contributed by atoms with van der Waals surface area (Å²) in [7, 11) is 1.58. The van der Waals surface area contributed by atoms with Crippen molar-refractivity contribution in [2.45, 2.75) is 32.0 Å². The van der Waals surface area contributed by atoms with E-state index in [2.05, 4.69) is 15.2 Å². The number of hydrogen-bond donors (Lipinski definition) is 1. The largest absolute Gasteiger partial charge is 0.455 e. The zero-order valence-corrected chi connectivity index (χ0v) is 15.4. The molecule has 1 N–H and O–H groups in total. The molecule has 0 unspecified atom stereocenters. The number of aromatic nitrogens is 1. The second-order valence-corrected chi connectivity index (χ2v) is 7.25. The van der Waals surface area contributed by atoms with Crippen molar-refractivity contribution in [2.24, 2.45) is 5.92 Å². The van der Waals surface area contributed by atoms with Crippen LogP contribution >= 0.6 is 0 Å². The normalized spacial score (nSPS) is 22.7. The van der Waals surface area contributed by atoms with E-state index in [-0.39, 0.29) is 23.8 Å². The highest BCUT2D eigenvalue weighted by molar-refractivity contribution is 5.91. The highest BCUT2D eigenvalue weighted by Gasteiger charge is 2.40. The molecule has 7 nitrogen and oxygen atoms in total. The smallest absolute Gasteiger partial charge is 0.286 e. The van der Waals surface area contributed by atoms with E-state index in [0.717, 1.165) is 37.4 Å². The van der Waals surface area contributed by atoms with Gasteiger partial charge in [-0.15, -0.1) is 0 Å². The number of pyridine rings is 1. The molecule has 27 heavy (non-hydrogen) atoms. The first-order chi connectivity index (χ1) is 13.1. The van der Waals surface area contributed by atoms with Crippen LogP contribution in [0.25, 0.3) is 0 Å². The van der Waals surface area contributed by atoms with E-state index in [1.165, 1.54) is 0 Å². The fourth-order valence-electron chi connectivity index (χ4n) is 4.06. The van der Waals surface area contributed by atoms with Crippen LogP contribution in [-0.2, 0) is 17.9 Å². The lowest BCUT2D eigenvalue weighted by Crippen LogP contribution is -2.47. The molecule has 3 saturated heterocycles. The van der Waals surface area contributed by atoms with Gasteiger partial charge >= 0.3 is 0 Å². The topological polar surface area (TPSA) is 78.7 Å². The Balaban J connectivity index is 1.46. The van der Waals surface area contributed by atoms with Crippen LogP contribution in [0.2, 0.25) is 0 Å². The third-order valence-electron chi connectivity index (χ3n) is 5.42. The van der Waals surface area contributed by atoms with Gasteiger partial charge in [-0.1, -0.05) is 6.07 Å². The molecule has 0 saturated carbocycles. The van der Waals surface area contributed by atoms with E-state index in [9.17, 15) is 9.59 Å². The van der Waals surface area contributed by atoms with Crippen LogP contribution in [0.3, 0.4) is 0 Å². The van der Waals surface area contributed by atoms with Crippen LogP contribution in [0.1, 0.15) is 34.9 Å². The molecular weight excluding hydrogens is 344 g/mol. The number of piperidine rings is 1. The van der Waals surface area contributed by atoms with Crippen molar-refractivity contribution in [1.29, 1.82) is 0 Å². The van der Waals surface area contributed by atoms with Gasteiger partial charge in [0.05, 0.1) is 24.7 Å². The maximum atomic E-state index is 12.9. The molecular formula is C20H24N4O3. The number of fused-ring (bicyclic) bond motifs is 4. The molecule has 142 valence electrons. The molecule has 2 aromatic heterocycles. The number of hydrogen-bond acceptors (Lipinski definition) is 5. The number of nitrogens with one attached hydrogen (secondary N) is 1. The van der Waals surface area contributed by atoms with E-state index in [1.807, 2.05) is 29.2 Å². The van der Waals surface area contributed by atoms with Crippen molar-refractivity contribution in [3.05, 3.63) is 53.7 Å². The van der Waals surface area contributed by atoms with E-state index in [4.69, 9.17) is 4.42 Å². The predicted molar refractivity (Wildman–Crippen MR) is 98.7 cm³/mol. The van der Waals surface area contributed by atoms with Gasteiger partial charge in [0.15, 0.2) is 5.76 Å². The fraction of sp³-hybridized carbons (Fsp3) is 0.450. The van der Waals surface area contributed by atoms with Gasteiger partial charge in [-0.3, -0.25) is 19.5 Å². The van der Waals surface area contributed by atoms with E-state index >= 15 is 0 Å². The van der Waals surface area contributed by atoms with Crippen molar-refractivity contribution in [2.75, 3.05) is 20.1 Å². The van der Waals surface area contributed by atoms with Gasteiger partial charge in [-0.25, -0.2) is 0 Å². The van der Waals surface area contributed by atoms with E-state index in [0.29, 0.717) is 18.8 Å². The lowest BCUT2D eigenvalue weighted by molar-refractivity contribution is -0.140. The molecule has 0 spiro atoms. The molecule has 7 heteroatoms. The second-order valence-electron chi connectivity index (χ2n) is 7.25. The average Bonchev–Trinajstić information content (AvgIpc) is 3.00. The van der Waals surface area contributed by atoms with Crippen molar-refractivity contribution in [3.63, 3.8) is 0 Å². The van der Waals surface area contributed by atoms with Gasteiger partial charge in [-0.2, -0.15) is 0 Å². The summed E-state index contributed by atoms with van der Waals surface area (Å²) < 4.78 is 5.66. The lowest BCUT2D eigenvalue weighted by Gasteiger charge is -2.35. The van der Waals surface area contributed by atoms with E-state index < -0.39 is 0 Å². The Kier molecular flexibility index (Phi) is 4.94. The maximum absolute atomic E-state index is 12.9. The number of furan rings is 1. The van der Waals surface area contributed by atoms with Crippen molar-refractivity contribution < 1.29 is 14.0 Å². The van der Waals surface area contributed by atoms with Gasteiger partial charge in [0, 0.05) is 32.4 Å². The SMILES string of the molecule is CNC(=O)c1ccc(CN2C[C@H]3CC[C@@H](C2)N(Cc2ccccn2)C3=O)o1. The Morgan fingerprint density at radius 3 is 2.89 bits per heavy atom. The van der Waals surface area contributed by atoms with E-state index in [1.54, 1.807) is 19.3 Å². The number of amides is 2. The summed E-state index contributed by atoms with van der Waals surface area (Å²) in [5.41, 5.74) is 0.922. The molecule has 2 atom stereocenters. The predicted octanol–water partition coefficient (Wildman–Crippen LogP) is 1.66. The first-order valence-electron chi connectivity index (χ1n) is 9.37. The number of nitrogens with zero attached hydrogens (tertiary/aromatic N) is 3. The van der Waals surface area contributed by atoms with Crippen molar-refractivity contribution in [1.82, 2.24) is 20.1 Å². The fourth-order valence-corrected chi connectivity index (χ4v) is 4.06. The highest BCUT2D eigenvalue weighted by atomic mass is 16.4. The molecule has 5 heterocycles. The molecule has 3 aliphatic rings. The molecule has 0 aliphatic carbocycles. The molecule has 2 bridgehead atoms.